The van der Waals surface area contributed by atoms with Crippen molar-refractivity contribution >= 4 is 0 Å². The van der Waals surface area contributed by atoms with Crippen LogP contribution in [0.3, 0.4) is 0 Å². The van der Waals surface area contributed by atoms with Crippen LogP contribution in [-0.4, -0.2) is 5.11 Å². The zero-order valence-electron chi connectivity index (χ0n) is 10.2. The van der Waals surface area contributed by atoms with Gasteiger partial charge in [-0.3, -0.25) is 0 Å². The van der Waals surface area contributed by atoms with Gasteiger partial charge in [0, 0.05) is 18.0 Å². The van der Waals surface area contributed by atoms with Crippen LogP contribution in [-0.2, 0) is 0 Å². The van der Waals surface area contributed by atoms with Crippen molar-refractivity contribution in [3.05, 3.63) is 59.4 Å². The van der Waals surface area contributed by atoms with Gasteiger partial charge in [-0.1, -0.05) is 24.3 Å². The van der Waals surface area contributed by atoms with Gasteiger partial charge < -0.3 is 15.6 Å². The summed E-state index contributed by atoms with van der Waals surface area (Å²) in [7, 11) is 0. The number of phenolic OH excluding ortho intramolecular Hbond substituents is 1. The highest BCUT2D eigenvalue weighted by atomic mass is 19.1. The molecule has 0 spiro atoms. The summed E-state index contributed by atoms with van der Waals surface area (Å²) in [5, 5.41) is 9.21. The molecule has 1 unspecified atom stereocenters. The molecule has 1 heterocycles. The number of nitrogens with two attached hydrogens (primary N) is 1. The van der Waals surface area contributed by atoms with Crippen molar-refractivity contribution in [1.82, 2.24) is 0 Å². The van der Waals surface area contributed by atoms with Crippen molar-refractivity contribution in [2.24, 2.45) is 5.73 Å². The van der Waals surface area contributed by atoms with Gasteiger partial charge in [0.15, 0.2) is 11.6 Å². The minimum absolute atomic E-state index is 0.133. The zero-order valence-corrected chi connectivity index (χ0v) is 10.2. The van der Waals surface area contributed by atoms with Crippen molar-refractivity contribution in [2.45, 2.75) is 18.6 Å². The molecule has 0 amide bonds. The fourth-order valence-corrected chi connectivity index (χ4v) is 2.38. The fourth-order valence-electron chi connectivity index (χ4n) is 2.38. The van der Waals surface area contributed by atoms with Crippen LogP contribution < -0.4 is 10.5 Å². The molecule has 3 rings (SSSR count). The second-order valence-electron chi connectivity index (χ2n) is 4.70. The van der Waals surface area contributed by atoms with E-state index in [9.17, 15) is 9.50 Å². The van der Waals surface area contributed by atoms with Crippen LogP contribution in [0.2, 0.25) is 0 Å². The normalized spacial score (nSPS) is 21.6. The SMILES string of the molecule is N[C@@H]1CC(c2ccc(O)c(F)c2)Oc2ccccc21. The summed E-state index contributed by atoms with van der Waals surface area (Å²) < 4.78 is 19.2. The maximum Gasteiger partial charge on any atom is 0.165 e. The fraction of sp³-hybridized carbons (Fsp3) is 0.200. The second-order valence-corrected chi connectivity index (χ2v) is 4.70. The van der Waals surface area contributed by atoms with Gasteiger partial charge in [-0.15, -0.1) is 0 Å². The number of ether oxygens (including phenoxy) is 1. The van der Waals surface area contributed by atoms with E-state index in [0.717, 1.165) is 11.3 Å². The van der Waals surface area contributed by atoms with Gasteiger partial charge in [0.05, 0.1) is 0 Å². The van der Waals surface area contributed by atoms with Crippen LogP contribution in [0.25, 0.3) is 0 Å². The van der Waals surface area contributed by atoms with Crippen LogP contribution in [0.4, 0.5) is 4.39 Å². The lowest BCUT2D eigenvalue weighted by Gasteiger charge is -2.30. The molecule has 98 valence electrons. The van der Waals surface area contributed by atoms with Crippen molar-refractivity contribution in [3.8, 4) is 11.5 Å². The summed E-state index contributed by atoms with van der Waals surface area (Å²) in [6, 6.07) is 11.7. The average Bonchev–Trinajstić information content (AvgIpc) is 2.42. The predicted molar refractivity (Wildman–Crippen MR) is 69.4 cm³/mol. The maximum absolute atomic E-state index is 13.4. The smallest absolute Gasteiger partial charge is 0.165 e. The average molecular weight is 259 g/mol. The maximum atomic E-state index is 13.4. The van der Waals surface area contributed by atoms with E-state index < -0.39 is 5.82 Å². The topological polar surface area (TPSA) is 55.5 Å². The third-order valence-corrected chi connectivity index (χ3v) is 3.40. The zero-order chi connectivity index (χ0) is 13.4. The highest BCUT2D eigenvalue weighted by Crippen LogP contribution is 2.39. The molecule has 3 N–H and O–H groups in total. The Morgan fingerprint density at radius 1 is 1.21 bits per heavy atom. The third-order valence-electron chi connectivity index (χ3n) is 3.40. The van der Waals surface area contributed by atoms with Crippen molar-refractivity contribution in [3.63, 3.8) is 0 Å². The van der Waals surface area contributed by atoms with Crippen molar-refractivity contribution < 1.29 is 14.2 Å². The first-order chi connectivity index (χ1) is 9.15. The molecule has 3 nitrogen and oxygen atoms in total. The van der Waals surface area contributed by atoms with Gasteiger partial charge in [-0.05, 0) is 23.8 Å². The minimum atomic E-state index is -0.645. The van der Waals surface area contributed by atoms with Gasteiger partial charge in [-0.25, -0.2) is 4.39 Å². The highest BCUT2D eigenvalue weighted by molar-refractivity contribution is 5.39. The lowest BCUT2D eigenvalue weighted by Crippen LogP contribution is -2.24. The second kappa shape index (κ2) is 4.55. The summed E-state index contributed by atoms with van der Waals surface area (Å²) in [5.41, 5.74) is 7.77. The van der Waals surface area contributed by atoms with E-state index in [1.807, 2.05) is 24.3 Å². The summed E-state index contributed by atoms with van der Waals surface area (Å²) >= 11 is 0. The molecule has 0 saturated heterocycles. The molecule has 1 aliphatic rings. The number of hydrogen-bond acceptors (Lipinski definition) is 3. The molecule has 4 heteroatoms. The van der Waals surface area contributed by atoms with E-state index in [0.29, 0.717) is 12.0 Å². The molecule has 19 heavy (non-hydrogen) atoms. The first-order valence-electron chi connectivity index (χ1n) is 6.14. The number of hydrogen-bond donors (Lipinski definition) is 2. The predicted octanol–water partition coefficient (Wildman–Crippen LogP) is 3.05. The number of benzene rings is 2. The van der Waals surface area contributed by atoms with Gasteiger partial charge in [-0.2, -0.15) is 0 Å². The van der Waals surface area contributed by atoms with Gasteiger partial charge in [0.2, 0.25) is 0 Å². The molecule has 2 aromatic rings. The van der Waals surface area contributed by atoms with Crippen molar-refractivity contribution in [2.75, 3.05) is 0 Å². The van der Waals surface area contributed by atoms with Crippen LogP contribution in [0.15, 0.2) is 42.5 Å². The molecular formula is C15H14FNO2. The Morgan fingerprint density at radius 3 is 2.79 bits per heavy atom. The Labute approximate surface area is 110 Å². The van der Waals surface area contributed by atoms with Crippen LogP contribution in [0.5, 0.6) is 11.5 Å². The summed E-state index contributed by atoms with van der Waals surface area (Å²) in [4.78, 5) is 0. The molecule has 1 aliphatic heterocycles. The Morgan fingerprint density at radius 2 is 2.00 bits per heavy atom. The minimum Gasteiger partial charge on any atom is -0.505 e. The molecule has 0 fully saturated rings. The van der Waals surface area contributed by atoms with Crippen molar-refractivity contribution in [1.29, 1.82) is 0 Å². The van der Waals surface area contributed by atoms with E-state index >= 15 is 0 Å². The van der Waals surface area contributed by atoms with E-state index in [1.54, 1.807) is 6.07 Å². The monoisotopic (exact) mass is 259 g/mol. The molecule has 0 saturated carbocycles. The molecule has 2 atom stereocenters. The number of aromatic hydroxyl groups is 1. The van der Waals surface area contributed by atoms with Crippen LogP contribution in [0.1, 0.15) is 29.7 Å². The van der Waals surface area contributed by atoms with Crippen LogP contribution >= 0.6 is 0 Å². The summed E-state index contributed by atoms with van der Waals surface area (Å²) in [6.07, 6.45) is 0.293. The number of rotatable bonds is 1. The molecule has 0 aliphatic carbocycles. The first kappa shape index (κ1) is 12.0. The summed E-state index contributed by atoms with van der Waals surface area (Å²) in [6.45, 7) is 0. The van der Waals surface area contributed by atoms with Gasteiger partial charge in [0.1, 0.15) is 11.9 Å². The molecule has 0 bridgehead atoms. The van der Waals surface area contributed by atoms with Gasteiger partial charge in [0.25, 0.3) is 0 Å². The Hall–Kier alpha value is -2.07. The Balaban J connectivity index is 1.94. The first-order valence-corrected chi connectivity index (χ1v) is 6.14. The lowest BCUT2D eigenvalue weighted by molar-refractivity contribution is 0.161. The van der Waals surface area contributed by atoms with Gasteiger partial charge >= 0.3 is 0 Å². The number of para-hydroxylation sites is 1. The number of fused-ring (bicyclic) bond motifs is 1. The van der Waals surface area contributed by atoms with E-state index in [4.69, 9.17) is 10.5 Å². The number of halogens is 1. The lowest BCUT2D eigenvalue weighted by atomic mass is 9.93. The standard InChI is InChI=1S/C15H14FNO2/c16-11-7-9(5-6-13(11)18)15-8-12(17)10-3-1-2-4-14(10)19-15/h1-7,12,15,18H,8,17H2/t12-,15?/m1/s1. The quantitative estimate of drug-likeness (QED) is 0.827. The molecule has 0 radical (unpaired) electrons. The van der Waals surface area contributed by atoms with E-state index in [1.165, 1.54) is 12.1 Å². The summed E-state index contributed by atoms with van der Waals surface area (Å²) in [5.74, 6) is -0.266. The number of phenols is 1. The Bertz CT molecular complexity index is 615. The van der Waals surface area contributed by atoms with Crippen LogP contribution in [0, 0.1) is 5.82 Å². The van der Waals surface area contributed by atoms with E-state index in [2.05, 4.69) is 0 Å². The Kier molecular flexibility index (Phi) is 2.87. The van der Waals surface area contributed by atoms with E-state index in [-0.39, 0.29) is 17.9 Å². The largest absolute Gasteiger partial charge is 0.505 e. The third kappa shape index (κ3) is 2.15. The molecule has 2 aromatic carbocycles. The highest BCUT2D eigenvalue weighted by Gasteiger charge is 2.27. The molecular weight excluding hydrogens is 245 g/mol. The molecule has 0 aromatic heterocycles.